The van der Waals surface area contributed by atoms with Crippen molar-refractivity contribution < 1.29 is 23.1 Å². The van der Waals surface area contributed by atoms with Gasteiger partial charge in [-0.2, -0.15) is 0 Å². The van der Waals surface area contributed by atoms with E-state index in [1.54, 1.807) is 30.0 Å². The zero-order chi connectivity index (χ0) is 24.0. The summed E-state index contributed by atoms with van der Waals surface area (Å²) in [6, 6.07) is 12.8. The molecular weight excluding hydrogens is 440 g/mol. The highest BCUT2D eigenvalue weighted by Gasteiger charge is 2.45. The van der Waals surface area contributed by atoms with Crippen LogP contribution >= 0.6 is 0 Å². The molecule has 33 heavy (non-hydrogen) atoms. The van der Waals surface area contributed by atoms with E-state index in [9.17, 15) is 18.4 Å². The molecular formula is C25H30N2O5S. The maximum absolute atomic E-state index is 13.4. The van der Waals surface area contributed by atoms with Gasteiger partial charge in [0.05, 0.1) is 34.2 Å². The smallest absolute Gasteiger partial charge is 0.251 e. The van der Waals surface area contributed by atoms with Crippen LogP contribution in [-0.4, -0.2) is 38.0 Å². The number of benzene rings is 2. The summed E-state index contributed by atoms with van der Waals surface area (Å²) in [6.45, 7) is 7.31. The summed E-state index contributed by atoms with van der Waals surface area (Å²) in [4.78, 5) is 28.1. The molecule has 1 aliphatic heterocycles. The van der Waals surface area contributed by atoms with Crippen molar-refractivity contribution in [2.45, 2.75) is 64.0 Å². The summed E-state index contributed by atoms with van der Waals surface area (Å²) in [6.07, 6.45) is 2.88. The number of hydrogen-bond acceptors (Lipinski definition) is 4. The van der Waals surface area contributed by atoms with Crippen LogP contribution in [0.1, 0.15) is 62.9 Å². The van der Waals surface area contributed by atoms with Gasteiger partial charge in [0.1, 0.15) is 5.75 Å². The molecule has 2 aliphatic rings. The molecule has 1 aliphatic carbocycles. The molecule has 0 bridgehead atoms. The Bertz CT molecular complexity index is 1130. The van der Waals surface area contributed by atoms with Gasteiger partial charge in [0.2, 0.25) is 5.91 Å². The molecule has 0 radical (unpaired) electrons. The van der Waals surface area contributed by atoms with Crippen LogP contribution in [0.3, 0.4) is 0 Å². The van der Waals surface area contributed by atoms with Crippen molar-refractivity contribution in [1.82, 2.24) is 5.32 Å². The molecule has 1 fully saturated rings. The van der Waals surface area contributed by atoms with Crippen LogP contribution in [0.4, 0.5) is 11.4 Å². The standard InChI is InChI=1S/C25H30N2O5S/c1-5-25(4,15-33(30)31)26-22(28)16-9-12-21-20(13-16)24(2,3)23(29)27(21)17-7-6-8-19(14-17)32-18-10-11-18/h6-9,12-14,18H,5,10-11,15H2,1-4H3,(H,26,28)(H,30,31)/t25-/m1/s1. The van der Waals surface area contributed by atoms with E-state index in [4.69, 9.17) is 4.74 Å². The number of rotatable bonds is 8. The Labute approximate surface area is 196 Å². The minimum absolute atomic E-state index is 0.0583. The molecule has 0 spiro atoms. The molecule has 2 atom stereocenters. The second-order valence-electron chi connectivity index (χ2n) is 9.65. The summed E-state index contributed by atoms with van der Waals surface area (Å²) in [5.74, 6) is 0.268. The lowest BCUT2D eigenvalue weighted by Crippen LogP contribution is -2.49. The van der Waals surface area contributed by atoms with E-state index in [-0.39, 0.29) is 23.7 Å². The van der Waals surface area contributed by atoms with Crippen molar-refractivity contribution in [3.63, 3.8) is 0 Å². The Morgan fingerprint density at radius 2 is 2.00 bits per heavy atom. The van der Waals surface area contributed by atoms with Gasteiger partial charge in [0, 0.05) is 11.6 Å². The molecule has 1 heterocycles. The zero-order valence-electron chi connectivity index (χ0n) is 19.4. The molecule has 2 aromatic rings. The number of anilines is 2. The van der Waals surface area contributed by atoms with E-state index in [1.807, 2.05) is 45.0 Å². The molecule has 7 nitrogen and oxygen atoms in total. The Balaban J connectivity index is 1.65. The highest BCUT2D eigenvalue weighted by atomic mass is 32.2. The van der Waals surface area contributed by atoms with E-state index in [2.05, 4.69) is 5.32 Å². The molecule has 0 saturated heterocycles. The van der Waals surface area contributed by atoms with Crippen molar-refractivity contribution in [3.8, 4) is 5.75 Å². The Morgan fingerprint density at radius 3 is 2.64 bits per heavy atom. The fourth-order valence-corrected chi connectivity index (χ4v) is 4.87. The number of fused-ring (bicyclic) bond motifs is 1. The Morgan fingerprint density at radius 1 is 1.27 bits per heavy atom. The van der Waals surface area contributed by atoms with Crippen LogP contribution in [0.15, 0.2) is 42.5 Å². The van der Waals surface area contributed by atoms with E-state index in [0.29, 0.717) is 12.0 Å². The van der Waals surface area contributed by atoms with Gasteiger partial charge in [-0.05, 0) is 75.9 Å². The number of carbonyl (C=O) groups is 2. The van der Waals surface area contributed by atoms with Crippen LogP contribution in [0.2, 0.25) is 0 Å². The fourth-order valence-electron chi connectivity index (χ4n) is 4.05. The largest absolute Gasteiger partial charge is 0.490 e. The number of hydrogen-bond donors (Lipinski definition) is 2. The lowest BCUT2D eigenvalue weighted by molar-refractivity contribution is -0.121. The molecule has 2 aromatic carbocycles. The third-order valence-corrected chi connectivity index (χ3v) is 7.34. The zero-order valence-corrected chi connectivity index (χ0v) is 20.2. The first-order valence-electron chi connectivity index (χ1n) is 11.2. The number of amides is 2. The van der Waals surface area contributed by atoms with E-state index >= 15 is 0 Å². The lowest BCUT2D eigenvalue weighted by Gasteiger charge is -2.28. The molecule has 2 amide bonds. The average molecular weight is 471 g/mol. The molecule has 0 aromatic heterocycles. The van der Waals surface area contributed by atoms with Gasteiger partial charge in [-0.25, -0.2) is 4.21 Å². The third kappa shape index (κ3) is 4.68. The van der Waals surface area contributed by atoms with Crippen molar-refractivity contribution in [1.29, 1.82) is 0 Å². The predicted molar refractivity (Wildman–Crippen MR) is 129 cm³/mol. The molecule has 8 heteroatoms. The SMILES string of the molecule is CC[C@](C)(CS(=O)O)NC(=O)c1ccc2c(c1)C(C)(C)C(=O)N2c1cccc(OC2CC2)c1. The first-order valence-corrected chi connectivity index (χ1v) is 12.5. The highest BCUT2D eigenvalue weighted by Crippen LogP contribution is 2.46. The van der Waals surface area contributed by atoms with Crippen molar-refractivity contribution >= 4 is 34.3 Å². The van der Waals surface area contributed by atoms with Crippen molar-refractivity contribution in [2.24, 2.45) is 0 Å². The lowest BCUT2D eigenvalue weighted by atomic mass is 9.85. The number of carbonyl (C=O) groups excluding carboxylic acids is 2. The predicted octanol–water partition coefficient (Wildman–Crippen LogP) is 4.30. The van der Waals surface area contributed by atoms with Crippen molar-refractivity contribution in [3.05, 3.63) is 53.6 Å². The fraction of sp³-hybridized carbons (Fsp3) is 0.440. The molecule has 176 valence electrons. The topological polar surface area (TPSA) is 95.9 Å². The molecule has 1 saturated carbocycles. The maximum Gasteiger partial charge on any atom is 0.251 e. The maximum atomic E-state index is 13.4. The van der Waals surface area contributed by atoms with Crippen LogP contribution in [-0.2, 0) is 21.3 Å². The Hall–Kier alpha value is -2.71. The van der Waals surface area contributed by atoms with Gasteiger partial charge in [0.25, 0.3) is 5.91 Å². The first kappa shape index (κ1) is 23.4. The van der Waals surface area contributed by atoms with Gasteiger partial charge in [-0.3, -0.25) is 14.5 Å². The van der Waals surface area contributed by atoms with Crippen LogP contribution in [0.25, 0.3) is 0 Å². The van der Waals surface area contributed by atoms with Crippen LogP contribution < -0.4 is 15.0 Å². The minimum Gasteiger partial charge on any atom is -0.490 e. The normalized spacial score (nSPS) is 19.5. The summed E-state index contributed by atoms with van der Waals surface area (Å²) in [5, 5.41) is 2.89. The van der Waals surface area contributed by atoms with Crippen LogP contribution in [0, 0.1) is 0 Å². The van der Waals surface area contributed by atoms with Gasteiger partial charge in [-0.15, -0.1) is 0 Å². The van der Waals surface area contributed by atoms with E-state index < -0.39 is 22.0 Å². The number of ether oxygens (including phenoxy) is 1. The van der Waals surface area contributed by atoms with Gasteiger partial charge in [-0.1, -0.05) is 13.0 Å². The highest BCUT2D eigenvalue weighted by molar-refractivity contribution is 7.79. The molecule has 4 rings (SSSR count). The Kier molecular flexibility index (Phi) is 6.09. The summed E-state index contributed by atoms with van der Waals surface area (Å²) in [5.41, 5.74) is 1.00. The monoisotopic (exact) mass is 470 g/mol. The summed E-state index contributed by atoms with van der Waals surface area (Å²) in [7, 11) is 0. The average Bonchev–Trinajstić information content (AvgIpc) is 3.54. The van der Waals surface area contributed by atoms with E-state index in [1.165, 1.54) is 0 Å². The first-order chi connectivity index (χ1) is 15.5. The third-order valence-electron chi connectivity index (χ3n) is 6.45. The summed E-state index contributed by atoms with van der Waals surface area (Å²) >= 11 is -2.03. The number of nitrogens with one attached hydrogen (secondary N) is 1. The minimum atomic E-state index is -2.03. The second kappa shape index (κ2) is 8.57. The quantitative estimate of drug-likeness (QED) is 0.561. The summed E-state index contributed by atoms with van der Waals surface area (Å²) < 4.78 is 26.5. The number of nitrogens with zero attached hydrogens (tertiary/aromatic N) is 1. The molecule has 1 unspecified atom stereocenters. The van der Waals surface area contributed by atoms with Crippen molar-refractivity contribution in [2.75, 3.05) is 10.7 Å². The second-order valence-corrected chi connectivity index (χ2v) is 10.6. The van der Waals surface area contributed by atoms with Gasteiger partial charge < -0.3 is 14.6 Å². The van der Waals surface area contributed by atoms with Gasteiger partial charge in [0.15, 0.2) is 11.1 Å². The van der Waals surface area contributed by atoms with Crippen LogP contribution in [0.5, 0.6) is 5.75 Å². The molecule has 2 N–H and O–H groups in total. The van der Waals surface area contributed by atoms with Gasteiger partial charge >= 0.3 is 0 Å². The van der Waals surface area contributed by atoms with E-state index in [0.717, 1.165) is 35.5 Å².